The van der Waals surface area contributed by atoms with Crippen LogP contribution >= 0.6 is 0 Å². The zero-order valence-electron chi connectivity index (χ0n) is 8.94. The number of halogens is 3. The molecule has 1 aromatic rings. The van der Waals surface area contributed by atoms with E-state index in [2.05, 4.69) is 0 Å². The lowest BCUT2D eigenvalue weighted by Gasteiger charge is -2.16. The lowest BCUT2D eigenvalue weighted by atomic mass is 10.3. The fourth-order valence-corrected chi connectivity index (χ4v) is 2.43. The van der Waals surface area contributed by atoms with Gasteiger partial charge in [0, 0.05) is 24.7 Å². The van der Waals surface area contributed by atoms with Crippen molar-refractivity contribution in [2.45, 2.75) is 11.7 Å². The molecule has 18 heavy (non-hydrogen) atoms. The van der Waals surface area contributed by atoms with Crippen LogP contribution in [-0.2, 0) is 15.0 Å². The molecule has 0 N–H and O–H groups in total. The van der Waals surface area contributed by atoms with Crippen molar-refractivity contribution in [2.24, 2.45) is 0 Å². The summed E-state index contributed by atoms with van der Waals surface area (Å²) in [7, 11) is -4.82. The van der Waals surface area contributed by atoms with Gasteiger partial charge in [-0.3, -0.25) is 4.79 Å². The first-order valence-electron chi connectivity index (χ1n) is 4.98. The Morgan fingerprint density at radius 2 is 1.89 bits per heavy atom. The van der Waals surface area contributed by atoms with Gasteiger partial charge in [0.1, 0.15) is 5.25 Å². The Hall–Kier alpha value is -1.57. The van der Waals surface area contributed by atoms with Gasteiger partial charge in [-0.2, -0.15) is 8.42 Å². The quantitative estimate of drug-likeness (QED) is 0.768. The Bertz CT molecular complexity index is 602. The van der Waals surface area contributed by atoms with Crippen LogP contribution in [-0.4, -0.2) is 26.1 Å². The molecule has 1 saturated heterocycles. The van der Waals surface area contributed by atoms with Crippen LogP contribution in [0.1, 0.15) is 6.42 Å². The maximum absolute atomic E-state index is 13.0. The van der Waals surface area contributed by atoms with Gasteiger partial charge in [-0.05, 0) is 12.1 Å². The maximum Gasteiger partial charge on any atom is 0.307 e. The van der Waals surface area contributed by atoms with Crippen molar-refractivity contribution in [3.8, 4) is 0 Å². The summed E-state index contributed by atoms with van der Waals surface area (Å²) in [6.45, 7) is -0.400. The van der Waals surface area contributed by atoms with E-state index in [1.165, 1.54) is 0 Å². The molecule has 98 valence electrons. The number of benzene rings is 1. The predicted molar refractivity (Wildman–Crippen MR) is 57.1 cm³/mol. The molecule has 1 aliphatic rings. The van der Waals surface area contributed by atoms with Crippen molar-refractivity contribution < 1.29 is 25.9 Å². The number of hydrogen-bond donors (Lipinski definition) is 0. The summed E-state index contributed by atoms with van der Waals surface area (Å²) in [5.74, 6) is -2.89. The molecule has 1 unspecified atom stereocenters. The minimum absolute atomic E-state index is 0.00468. The van der Waals surface area contributed by atoms with Gasteiger partial charge in [-0.1, -0.05) is 0 Å². The minimum Gasteiger partial charge on any atom is -0.311 e. The number of carbonyl (C=O) groups is 1. The zero-order valence-corrected chi connectivity index (χ0v) is 9.75. The number of anilines is 1. The average molecular weight is 279 g/mol. The van der Waals surface area contributed by atoms with Crippen molar-refractivity contribution in [2.75, 3.05) is 11.4 Å². The summed E-state index contributed by atoms with van der Waals surface area (Å²) < 4.78 is 59.9. The Labute approximate surface area is 101 Å². The molecular weight excluding hydrogens is 271 g/mol. The maximum atomic E-state index is 13.0. The fraction of sp³-hybridized carbons (Fsp3) is 0.300. The SMILES string of the molecule is O=C1CC(S(=O)(=O)F)CN1c1ccc(F)c(F)c1. The lowest BCUT2D eigenvalue weighted by molar-refractivity contribution is -0.117. The largest absolute Gasteiger partial charge is 0.311 e. The van der Waals surface area contributed by atoms with Crippen molar-refractivity contribution in [3.63, 3.8) is 0 Å². The highest BCUT2D eigenvalue weighted by atomic mass is 32.3. The summed E-state index contributed by atoms with van der Waals surface area (Å²) in [5.41, 5.74) is 0.00468. The third kappa shape index (κ3) is 2.33. The molecule has 0 saturated carbocycles. The highest BCUT2D eigenvalue weighted by Crippen LogP contribution is 2.26. The van der Waals surface area contributed by atoms with E-state index in [0.717, 1.165) is 23.1 Å². The fourth-order valence-electron chi connectivity index (χ4n) is 1.77. The van der Waals surface area contributed by atoms with Crippen molar-refractivity contribution >= 4 is 21.8 Å². The molecule has 8 heteroatoms. The Balaban J connectivity index is 2.30. The second kappa shape index (κ2) is 4.27. The molecule has 0 bridgehead atoms. The molecule has 1 amide bonds. The van der Waals surface area contributed by atoms with Crippen LogP contribution < -0.4 is 4.90 Å². The van der Waals surface area contributed by atoms with Crippen LogP contribution in [0.5, 0.6) is 0 Å². The summed E-state index contributed by atoms with van der Waals surface area (Å²) in [5, 5.41) is -1.46. The third-order valence-electron chi connectivity index (χ3n) is 2.70. The predicted octanol–water partition coefficient (Wildman–Crippen LogP) is 1.37. The summed E-state index contributed by atoms with van der Waals surface area (Å²) in [6.07, 6.45) is -0.502. The normalized spacial score (nSPS) is 20.5. The standard InChI is InChI=1S/C10H8F3NO3S/c11-8-2-1-6(3-9(8)12)14-5-7(4-10(14)15)18(13,16)17/h1-3,7H,4-5H2. The van der Waals surface area contributed by atoms with Crippen LogP contribution in [0.4, 0.5) is 18.4 Å². The van der Waals surface area contributed by atoms with Crippen molar-refractivity contribution in [1.29, 1.82) is 0 Å². The van der Waals surface area contributed by atoms with E-state index in [1.54, 1.807) is 0 Å². The summed E-state index contributed by atoms with van der Waals surface area (Å²) >= 11 is 0. The molecule has 1 heterocycles. The first-order chi connectivity index (χ1) is 8.29. The van der Waals surface area contributed by atoms with Gasteiger partial charge < -0.3 is 4.90 Å². The van der Waals surface area contributed by atoms with Crippen LogP contribution in [0.2, 0.25) is 0 Å². The molecule has 0 radical (unpaired) electrons. The topological polar surface area (TPSA) is 54.5 Å². The molecule has 1 fully saturated rings. The smallest absolute Gasteiger partial charge is 0.307 e. The molecular formula is C10H8F3NO3S. The first-order valence-corrected chi connectivity index (χ1v) is 6.42. The molecule has 4 nitrogen and oxygen atoms in total. The molecule has 0 spiro atoms. The Kier molecular flexibility index (Phi) is 3.05. The van der Waals surface area contributed by atoms with Gasteiger partial charge in [0.25, 0.3) is 0 Å². The van der Waals surface area contributed by atoms with Gasteiger partial charge in [0.05, 0.1) is 0 Å². The third-order valence-corrected chi connectivity index (χ3v) is 3.81. The van der Waals surface area contributed by atoms with E-state index in [4.69, 9.17) is 0 Å². The zero-order chi connectivity index (χ0) is 13.5. The van der Waals surface area contributed by atoms with Crippen molar-refractivity contribution in [3.05, 3.63) is 29.8 Å². The number of nitrogens with zero attached hydrogens (tertiary/aromatic N) is 1. The van der Waals surface area contributed by atoms with Gasteiger partial charge in [-0.15, -0.1) is 3.89 Å². The van der Waals surface area contributed by atoms with E-state index in [0.29, 0.717) is 0 Å². The lowest BCUT2D eigenvalue weighted by Crippen LogP contribution is -2.27. The number of amides is 1. The number of hydrogen-bond acceptors (Lipinski definition) is 3. The summed E-state index contributed by atoms with van der Waals surface area (Å²) in [4.78, 5) is 12.4. The monoisotopic (exact) mass is 279 g/mol. The van der Waals surface area contributed by atoms with E-state index in [9.17, 15) is 25.9 Å². The average Bonchev–Trinajstić information content (AvgIpc) is 2.64. The van der Waals surface area contributed by atoms with Gasteiger partial charge in [-0.25, -0.2) is 8.78 Å². The number of rotatable bonds is 2. The molecule has 1 atom stereocenters. The highest BCUT2D eigenvalue weighted by molar-refractivity contribution is 7.87. The highest BCUT2D eigenvalue weighted by Gasteiger charge is 2.39. The van der Waals surface area contributed by atoms with Crippen LogP contribution in [0.3, 0.4) is 0 Å². The molecule has 1 aromatic carbocycles. The van der Waals surface area contributed by atoms with E-state index in [1.807, 2.05) is 0 Å². The molecule has 0 aromatic heterocycles. The van der Waals surface area contributed by atoms with E-state index >= 15 is 0 Å². The molecule has 0 aliphatic carbocycles. The molecule has 2 rings (SSSR count). The van der Waals surface area contributed by atoms with Crippen molar-refractivity contribution in [1.82, 2.24) is 0 Å². The van der Waals surface area contributed by atoms with Gasteiger partial charge >= 0.3 is 10.2 Å². The van der Waals surface area contributed by atoms with Gasteiger partial charge in [0.2, 0.25) is 5.91 Å². The van der Waals surface area contributed by atoms with Crippen LogP contribution in [0.25, 0.3) is 0 Å². The van der Waals surface area contributed by atoms with Gasteiger partial charge in [0.15, 0.2) is 11.6 Å². The number of carbonyl (C=O) groups excluding carboxylic acids is 1. The van der Waals surface area contributed by atoms with Crippen LogP contribution in [0.15, 0.2) is 18.2 Å². The molecule has 1 aliphatic heterocycles. The van der Waals surface area contributed by atoms with E-state index < -0.39 is 46.0 Å². The Morgan fingerprint density at radius 3 is 2.39 bits per heavy atom. The first kappa shape index (κ1) is 12.9. The van der Waals surface area contributed by atoms with E-state index in [-0.39, 0.29) is 5.69 Å². The Morgan fingerprint density at radius 1 is 1.22 bits per heavy atom. The summed E-state index contributed by atoms with van der Waals surface area (Å²) in [6, 6.07) is 2.71. The van der Waals surface area contributed by atoms with Crippen LogP contribution in [0, 0.1) is 11.6 Å². The second-order valence-electron chi connectivity index (χ2n) is 3.90. The second-order valence-corrected chi connectivity index (χ2v) is 5.52. The minimum atomic E-state index is -4.82.